The monoisotopic (exact) mass is 219 g/mol. The van der Waals surface area contributed by atoms with Gasteiger partial charge in [0.15, 0.2) is 5.82 Å². The summed E-state index contributed by atoms with van der Waals surface area (Å²) in [5.41, 5.74) is 6.17. The van der Waals surface area contributed by atoms with Gasteiger partial charge in [0.2, 0.25) is 0 Å². The van der Waals surface area contributed by atoms with Crippen LogP contribution in [0.3, 0.4) is 0 Å². The van der Waals surface area contributed by atoms with Crippen molar-refractivity contribution in [2.24, 2.45) is 17.6 Å². The molecule has 0 aliphatic heterocycles. The Morgan fingerprint density at radius 3 is 2.94 bits per heavy atom. The summed E-state index contributed by atoms with van der Waals surface area (Å²) in [6.45, 7) is 3.21. The van der Waals surface area contributed by atoms with Crippen LogP contribution in [0.25, 0.3) is 0 Å². The van der Waals surface area contributed by atoms with E-state index < -0.39 is 0 Å². The smallest absolute Gasteiger partial charge is 0.162 e. The van der Waals surface area contributed by atoms with Crippen LogP contribution >= 0.6 is 0 Å². The van der Waals surface area contributed by atoms with E-state index in [0.29, 0.717) is 11.4 Å². The van der Waals surface area contributed by atoms with Gasteiger partial charge in [-0.1, -0.05) is 6.92 Å². The molecule has 16 heavy (non-hydrogen) atoms. The molecule has 1 fully saturated rings. The van der Waals surface area contributed by atoms with E-state index in [4.69, 9.17) is 11.1 Å². The van der Waals surface area contributed by atoms with Gasteiger partial charge in [0, 0.05) is 13.6 Å². The van der Waals surface area contributed by atoms with E-state index in [0.717, 1.165) is 18.4 Å². The van der Waals surface area contributed by atoms with Gasteiger partial charge in [-0.3, -0.25) is 5.41 Å². The summed E-state index contributed by atoms with van der Waals surface area (Å²) in [5, 5.41) is 15.4. The second-order valence-corrected chi connectivity index (χ2v) is 4.54. The van der Waals surface area contributed by atoms with E-state index in [2.05, 4.69) is 17.1 Å². The summed E-state index contributed by atoms with van der Waals surface area (Å²) in [6.07, 6.45) is 2.84. The van der Waals surface area contributed by atoms with Crippen molar-refractivity contribution in [2.75, 3.05) is 18.5 Å². The van der Waals surface area contributed by atoms with Crippen LogP contribution < -0.4 is 10.6 Å². The molecule has 1 aliphatic carbocycles. The number of nitrogen functional groups attached to an aromatic ring is 1. The summed E-state index contributed by atoms with van der Waals surface area (Å²) in [4.78, 5) is 2.04. The lowest BCUT2D eigenvalue weighted by Crippen LogP contribution is -2.26. The number of hydrogen-bond acceptors (Lipinski definition) is 4. The Bertz CT molecular complexity index is 403. The summed E-state index contributed by atoms with van der Waals surface area (Å²) in [5.74, 6) is 2.29. The highest BCUT2D eigenvalue weighted by atomic mass is 15.2. The van der Waals surface area contributed by atoms with Crippen molar-refractivity contribution in [2.45, 2.75) is 13.3 Å². The molecule has 1 aliphatic rings. The number of aromatic nitrogens is 2. The SMILES string of the molecule is CC1CC1CN(C)c1nnccc1C(=N)N. The molecule has 1 saturated carbocycles. The molecule has 1 heterocycles. The van der Waals surface area contributed by atoms with E-state index >= 15 is 0 Å². The Labute approximate surface area is 95.2 Å². The van der Waals surface area contributed by atoms with Crippen molar-refractivity contribution in [1.29, 1.82) is 5.41 Å². The predicted octanol–water partition coefficient (Wildman–Crippen LogP) is 0.853. The van der Waals surface area contributed by atoms with Crippen molar-refractivity contribution in [1.82, 2.24) is 10.2 Å². The summed E-state index contributed by atoms with van der Waals surface area (Å²) in [7, 11) is 1.97. The van der Waals surface area contributed by atoms with Crippen molar-refractivity contribution in [3.63, 3.8) is 0 Å². The zero-order valence-electron chi connectivity index (χ0n) is 9.64. The number of nitrogens with two attached hydrogens (primary N) is 1. The van der Waals surface area contributed by atoms with Gasteiger partial charge in [-0.25, -0.2) is 0 Å². The predicted molar refractivity (Wildman–Crippen MR) is 63.6 cm³/mol. The fourth-order valence-electron chi connectivity index (χ4n) is 1.91. The first kappa shape index (κ1) is 10.9. The second-order valence-electron chi connectivity index (χ2n) is 4.54. The highest BCUT2D eigenvalue weighted by Gasteiger charge is 2.33. The van der Waals surface area contributed by atoms with Crippen molar-refractivity contribution in [3.05, 3.63) is 17.8 Å². The summed E-state index contributed by atoms with van der Waals surface area (Å²) >= 11 is 0. The zero-order valence-corrected chi connectivity index (χ0v) is 9.64. The highest BCUT2D eigenvalue weighted by Crippen LogP contribution is 2.38. The van der Waals surface area contributed by atoms with Crippen LogP contribution in [0.5, 0.6) is 0 Å². The molecule has 5 nitrogen and oxygen atoms in total. The molecule has 1 aromatic rings. The van der Waals surface area contributed by atoms with Crippen molar-refractivity contribution in [3.8, 4) is 0 Å². The molecule has 1 aromatic heterocycles. The number of hydrogen-bond donors (Lipinski definition) is 2. The average molecular weight is 219 g/mol. The first-order chi connectivity index (χ1) is 7.59. The quantitative estimate of drug-likeness (QED) is 0.581. The van der Waals surface area contributed by atoms with Gasteiger partial charge in [0.05, 0.1) is 11.8 Å². The topological polar surface area (TPSA) is 78.9 Å². The number of nitrogens with zero attached hydrogens (tertiary/aromatic N) is 3. The number of rotatable bonds is 4. The molecule has 3 N–H and O–H groups in total. The molecule has 0 amide bonds. The normalized spacial score (nSPS) is 22.9. The maximum absolute atomic E-state index is 7.49. The third-order valence-electron chi connectivity index (χ3n) is 3.14. The molecule has 0 aromatic carbocycles. The van der Waals surface area contributed by atoms with E-state index in [1.54, 1.807) is 12.3 Å². The Kier molecular flexibility index (Phi) is 2.77. The number of anilines is 1. The first-order valence-corrected chi connectivity index (χ1v) is 5.46. The second kappa shape index (κ2) is 4.08. The lowest BCUT2D eigenvalue weighted by Gasteiger charge is -2.19. The van der Waals surface area contributed by atoms with Crippen molar-refractivity contribution < 1.29 is 0 Å². The third-order valence-corrected chi connectivity index (χ3v) is 3.14. The van der Waals surface area contributed by atoms with Gasteiger partial charge in [-0.05, 0) is 24.3 Å². The van der Waals surface area contributed by atoms with Crippen LogP contribution in [0.2, 0.25) is 0 Å². The van der Waals surface area contributed by atoms with Crippen molar-refractivity contribution >= 4 is 11.7 Å². The lowest BCUT2D eigenvalue weighted by atomic mass is 10.2. The third kappa shape index (κ3) is 2.13. The van der Waals surface area contributed by atoms with E-state index in [1.807, 2.05) is 11.9 Å². The van der Waals surface area contributed by atoms with Crippen LogP contribution in [0.1, 0.15) is 18.9 Å². The number of nitrogens with one attached hydrogen (secondary N) is 1. The molecule has 2 unspecified atom stereocenters. The molecule has 2 rings (SSSR count). The highest BCUT2D eigenvalue weighted by molar-refractivity contribution is 5.99. The molecule has 0 spiro atoms. The molecule has 0 saturated heterocycles. The number of amidine groups is 1. The van der Waals surface area contributed by atoms with Gasteiger partial charge in [0.25, 0.3) is 0 Å². The van der Waals surface area contributed by atoms with E-state index in [-0.39, 0.29) is 5.84 Å². The summed E-state index contributed by atoms with van der Waals surface area (Å²) in [6, 6.07) is 1.73. The first-order valence-electron chi connectivity index (χ1n) is 5.46. The lowest BCUT2D eigenvalue weighted by molar-refractivity contribution is 0.714. The maximum Gasteiger partial charge on any atom is 0.162 e. The van der Waals surface area contributed by atoms with Gasteiger partial charge in [-0.15, -0.1) is 5.10 Å². The van der Waals surface area contributed by atoms with Crippen LogP contribution in [0.4, 0.5) is 5.82 Å². The standard InChI is InChI=1S/C11H17N5/c1-7-5-8(7)6-16(2)11-9(10(12)13)3-4-14-15-11/h3-4,7-8H,5-6H2,1-2H3,(H3,12,13). The fraction of sp³-hybridized carbons (Fsp3) is 0.545. The van der Waals surface area contributed by atoms with Crippen LogP contribution in [-0.2, 0) is 0 Å². The molecule has 86 valence electrons. The van der Waals surface area contributed by atoms with E-state index in [1.165, 1.54) is 6.42 Å². The molecule has 0 bridgehead atoms. The molecular formula is C11H17N5. The minimum absolute atomic E-state index is 0.0422. The Morgan fingerprint density at radius 1 is 1.69 bits per heavy atom. The average Bonchev–Trinajstić information content (AvgIpc) is 2.94. The fourth-order valence-corrected chi connectivity index (χ4v) is 1.91. The molecule has 2 atom stereocenters. The van der Waals surface area contributed by atoms with Gasteiger partial charge in [-0.2, -0.15) is 5.10 Å². The van der Waals surface area contributed by atoms with Crippen LogP contribution in [-0.4, -0.2) is 29.6 Å². The van der Waals surface area contributed by atoms with Gasteiger partial charge < -0.3 is 10.6 Å². The molecule has 5 heteroatoms. The zero-order chi connectivity index (χ0) is 11.7. The Morgan fingerprint density at radius 2 is 2.38 bits per heavy atom. The Balaban J connectivity index is 2.15. The minimum Gasteiger partial charge on any atom is -0.384 e. The van der Waals surface area contributed by atoms with Crippen LogP contribution in [0.15, 0.2) is 12.3 Å². The van der Waals surface area contributed by atoms with Gasteiger partial charge in [0.1, 0.15) is 5.84 Å². The Hall–Kier alpha value is -1.65. The largest absolute Gasteiger partial charge is 0.384 e. The summed E-state index contributed by atoms with van der Waals surface area (Å²) < 4.78 is 0. The maximum atomic E-state index is 7.49. The van der Waals surface area contributed by atoms with Crippen LogP contribution in [0, 0.1) is 17.2 Å². The molecular weight excluding hydrogens is 202 g/mol. The van der Waals surface area contributed by atoms with E-state index in [9.17, 15) is 0 Å². The van der Waals surface area contributed by atoms with Gasteiger partial charge >= 0.3 is 0 Å². The molecule has 0 radical (unpaired) electrons. The minimum atomic E-state index is 0.0422.